The second-order valence-electron chi connectivity index (χ2n) is 14.0. The Morgan fingerprint density at radius 1 is 0.426 bits per heavy atom. The Bertz CT molecular complexity index is 1140. The molecule has 268 valence electrons. The number of hydrogen-bond acceptors (Lipinski definition) is 0. The molecule has 0 amide bonds. The molecular formula is C44H70N2Pd-2. The molecule has 0 fully saturated rings. The number of aryl methyl sites for hydroxylation is 4. The summed E-state index contributed by atoms with van der Waals surface area (Å²) in [6, 6.07) is 9.69. The average Bonchev–Trinajstić information content (AvgIpc) is 3.46. The van der Waals surface area contributed by atoms with Crippen molar-refractivity contribution in [3.8, 4) is 0 Å². The number of hydrogen-bond donors (Lipinski definition) is 0. The predicted molar refractivity (Wildman–Crippen MR) is 205 cm³/mol. The Morgan fingerprint density at radius 3 is 1.00 bits per heavy atom. The number of benzene rings is 2. The van der Waals surface area contributed by atoms with Crippen LogP contribution in [-0.4, -0.2) is 4.70 Å². The molecule has 0 saturated heterocycles. The van der Waals surface area contributed by atoms with Gasteiger partial charge in [-0.3, -0.25) is 0 Å². The van der Waals surface area contributed by atoms with Gasteiger partial charge in [0.15, 0.2) is 0 Å². The molecule has 0 aromatic heterocycles. The van der Waals surface area contributed by atoms with Crippen LogP contribution in [0.5, 0.6) is 0 Å². The molecule has 2 nitrogen and oxygen atoms in total. The number of nitrogens with zero attached hydrogens (tertiary/aromatic N) is 2. The van der Waals surface area contributed by atoms with Crippen LogP contribution in [-0.2, 0) is 58.9 Å². The van der Waals surface area contributed by atoms with Gasteiger partial charge in [0.25, 0.3) is 0 Å². The molecule has 0 bridgehead atoms. The first kappa shape index (κ1) is 41.4. The van der Waals surface area contributed by atoms with Crippen LogP contribution in [0.4, 0.5) is 0 Å². The van der Waals surface area contributed by atoms with Gasteiger partial charge in [0.1, 0.15) is 0 Å². The molecule has 1 aliphatic rings. The van der Waals surface area contributed by atoms with E-state index in [2.05, 4.69) is 78.0 Å². The summed E-state index contributed by atoms with van der Waals surface area (Å²) in [5.74, 6) is 0. The maximum Gasteiger partial charge on any atom is 0.207 e. The molecule has 3 heteroatoms. The van der Waals surface area contributed by atoms with Crippen molar-refractivity contribution >= 4 is 11.4 Å². The summed E-state index contributed by atoms with van der Waals surface area (Å²) >= 11 is 0. The molecule has 0 radical (unpaired) electrons. The van der Waals surface area contributed by atoms with E-state index in [9.17, 15) is 5.53 Å². The van der Waals surface area contributed by atoms with Crippen molar-refractivity contribution in [1.82, 2.24) is 0 Å². The monoisotopic (exact) mass is 732 g/mol. The first-order chi connectivity index (χ1) is 22.5. The molecule has 0 spiro atoms. The molecule has 0 unspecified atom stereocenters. The maximum atomic E-state index is 11.9. The Balaban J connectivity index is 0.00000768. The first-order valence-electron chi connectivity index (χ1n) is 19.7. The summed E-state index contributed by atoms with van der Waals surface area (Å²) in [6.45, 7) is 13.8. The van der Waals surface area contributed by atoms with E-state index < -0.39 is 0 Å². The van der Waals surface area contributed by atoms with E-state index >= 15 is 0 Å². The van der Waals surface area contributed by atoms with E-state index in [1.165, 1.54) is 154 Å². The third-order valence-electron chi connectivity index (χ3n) is 10.1. The quantitative estimate of drug-likeness (QED) is 0.0583. The summed E-state index contributed by atoms with van der Waals surface area (Å²) in [5, 5.41) is 0. The third kappa shape index (κ3) is 12.5. The van der Waals surface area contributed by atoms with E-state index in [4.69, 9.17) is 0 Å². The smallest absolute Gasteiger partial charge is 0.207 e. The van der Waals surface area contributed by atoms with Crippen molar-refractivity contribution < 1.29 is 28.0 Å². The van der Waals surface area contributed by atoms with Crippen molar-refractivity contribution in [2.75, 3.05) is 0 Å². The Labute approximate surface area is 307 Å². The van der Waals surface area contributed by atoms with Crippen LogP contribution >= 0.6 is 0 Å². The third-order valence-corrected chi connectivity index (χ3v) is 10.1. The largest absolute Gasteiger partial charge is 1.00 e. The molecule has 2 aromatic carbocycles. The molecule has 0 saturated carbocycles. The Hall–Kier alpha value is -1.82. The first-order valence-corrected chi connectivity index (χ1v) is 19.7. The van der Waals surface area contributed by atoms with E-state index in [1.54, 1.807) is 11.1 Å². The fraction of sp³-hybridized carbons (Fsp3) is 0.636. The number of unbranched alkanes of at least 4 members (excludes halogenated alkanes) is 10. The van der Waals surface area contributed by atoms with Crippen LogP contribution in [0.1, 0.15) is 192 Å². The summed E-state index contributed by atoms with van der Waals surface area (Å²) in [4.78, 5) is 0. The van der Waals surface area contributed by atoms with Crippen LogP contribution < -0.4 is 0 Å². The van der Waals surface area contributed by atoms with Gasteiger partial charge in [-0.25, -0.2) is 4.70 Å². The molecule has 47 heavy (non-hydrogen) atoms. The van der Waals surface area contributed by atoms with E-state index in [0.29, 0.717) is 0 Å². The van der Waals surface area contributed by atoms with Crippen molar-refractivity contribution in [2.24, 2.45) is 0 Å². The molecule has 3 rings (SSSR count). The minimum Gasteiger partial charge on any atom is -1.00 e. The topological polar surface area (TPSA) is 25.3 Å². The van der Waals surface area contributed by atoms with Crippen molar-refractivity contribution in [3.63, 3.8) is 0 Å². The van der Waals surface area contributed by atoms with Crippen LogP contribution in [0.3, 0.4) is 0 Å². The second-order valence-corrected chi connectivity index (χ2v) is 14.0. The Kier molecular flexibility index (Phi) is 20.7. The molecule has 1 aliphatic heterocycles. The van der Waals surface area contributed by atoms with Crippen LogP contribution in [0, 0.1) is 0 Å². The SMILES string of the molecule is CCCCCCc1c(CCCC)cc(C2=CC=C(c3cc(CCCC)c(CCCCCC)c(CCCC)c3)[N+]2=[N-])cc1CCCC.[H-].[H-].[Pd]. The summed E-state index contributed by atoms with van der Waals surface area (Å²) in [7, 11) is 0. The molecule has 0 N–H and O–H groups in total. The van der Waals surface area contributed by atoms with Gasteiger partial charge in [0, 0.05) is 43.7 Å². The minimum atomic E-state index is 0. The van der Waals surface area contributed by atoms with Gasteiger partial charge in [-0.05, 0) is 135 Å². The van der Waals surface area contributed by atoms with Gasteiger partial charge in [-0.15, -0.1) is 0 Å². The van der Waals surface area contributed by atoms with Crippen molar-refractivity contribution in [1.29, 1.82) is 0 Å². The van der Waals surface area contributed by atoms with Gasteiger partial charge >= 0.3 is 0 Å². The normalized spacial score (nSPS) is 12.8. The van der Waals surface area contributed by atoms with Crippen molar-refractivity contribution in [3.05, 3.63) is 86.5 Å². The van der Waals surface area contributed by atoms with Crippen LogP contribution in [0.2, 0.25) is 0 Å². The fourth-order valence-corrected chi connectivity index (χ4v) is 7.22. The summed E-state index contributed by atoms with van der Waals surface area (Å²) in [5.41, 5.74) is 25.3. The van der Waals surface area contributed by atoms with Gasteiger partial charge in [0.05, 0.1) is 0 Å². The molecule has 1 heterocycles. The molecule has 2 aromatic rings. The zero-order valence-corrected chi connectivity index (χ0v) is 32.8. The zero-order chi connectivity index (χ0) is 33.1. The van der Waals surface area contributed by atoms with Gasteiger partial charge < -0.3 is 8.38 Å². The predicted octanol–water partition coefficient (Wildman–Crippen LogP) is 14.0. The zero-order valence-electron chi connectivity index (χ0n) is 33.2. The average molecular weight is 733 g/mol. The van der Waals surface area contributed by atoms with Crippen molar-refractivity contribution in [2.45, 2.75) is 183 Å². The Morgan fingerprint density at radius 2 is 0.723 bits per heavy atom. The molecule has 0 atom stereocenters. The standard InChI is InChI=1S/C44H68N2.Pd.2H/c1-7-13-19-21-27-41-35(23-15-9-3)31-39(32-36(41)24-16-10-4)43-29-30-44(46(43)45)40-33-37(25-17-11-5)42(28-22-20-14-8-2)38(34-40)26-18-12-6;;;/h29-34H,7-28H2,1-6H3;;;/q;;2*-1. The summed E-state index contributed by atoms with van der Waals surface area (Å²) in [6.07, 6.45) is 31.3. The van der Waals surface area contributed by atoms with Crippen LogP contribution in [0.15, 0.2) is 36.4 Å². The maximum absolute atomic E-state index is 11.9. The molecular weight excluding hydrogens is 663 g/mol. The number of allylic oxidation sites excluding steroid dienone is 2. The minimum absolute atomic E-state index is 0. The van der Waals surface area contributed by atoms with Gasteiger partial charge in [-0.2, -0.15) is 0 Å². The second kappa shape index (κ2) is 23.5. The van der Waals surface area contributed by atoms with Gasteiger partial charge in [0.2, 0.25) is 11.4 Å². The molecule has 0 aliphatic carbocycles. The van der Waals surface area contributed by atoms with E-state index in [-0.39, 0.29) is 23.3 Å². The fourth-order valence-electron chi connectivity index (χ4n) is 7.22. The number of rotatable bonds is 24. The van der Waals surface area contributed by atoms with E-state index in [1.807, 2.05) is 0 Å². The van der Waals surface area contributed by atoms with Crippen LogP contribution in [0.25, 0.3) is 16.9 Å². The summed E-state index contributed by atoms with van der Waals surface area (Å²) < 4.78 is 1.51. The van der Waals surface area contributed by atoms with E-state index in [0.717, 1.165) is 37.1 Å². The van der Waals surface area contributed by atoms with Gasteiger partial charge in [-0.1, -0.05) is 106 Å².